The maximum atomic E-state index is 13.0. The number of aromatic hydroxyl groups is 2. The number of hydrogen-bond donors (Lipinski definition) is 2. The Morgan fingerprint density at radius 2 is 1.85 bits per heavy atom. The van der Waals surface area contributed by atoms with Gasteiger partial charge in [0.2, 0.25) is 11.8 Å². The van der Waals surface area contributed by atoms with Crippen molar-refractivity contribution in [2.75, 3.05) is 13.1 Å². The van der Waals surface area contributed by atoms with E-state index >= 15 is 0 Å². The van der Waals surface area contributed by atoms with E-state index in [1.165, 1.54) is 12.1 Å². The van der Waals surface area contributed by atoms with Gasteiger partial charge in [-0.2, -0.15) is 13.2 Å². The van der Waals surface area contributed by atoms with Crippen LogP contribution in [0, 0.1) is 0 Å². The van der Waals surface area contributed by atoms with E-state index in [1.54, 1.807) is 0 Å². The zero-order valence-corrected chi connectivity index (χ0v) is 14.4. The molecule has 7 heteroatoms. The highest BCUT2D eigenvalue weighted by atomic mass is 19.4. The lowest BCUT2D eigenvalue weighted by atomic mass is 9.76. The van der Waals surface area contributed by atoms with Crippen molar-refractivity contribution in [3.05, 3.63) is 41.0 Å². The number of piperidine rings is 1. The van der Waals surface area contributed by atoms with Crippen molar-refractivity contribution in [3.63, 3.8) is 0 Å². The Balaban J connectivity index is 1.85. The van der Waals surface area contributed by atoms with Crippen LogP contribution in [0.1, 0.15) is 54.8 Å². The molecule has 1 aromatic heterocycles. The number of fused-ring (bicyclic) bond motifs is 2. The molecule has 2 atom stereocenters. The summed E-state index contributed by atoms with van der Waals surface area (Å²) in [7, 11) is 0. The third-order valence-corrected chi connectivity index (χ3v) is 5.56. The van der Waals surface area contributed by atoms with Crippen LogP contribution in [0.5, 0.6) is 11.8 Å². The van der Waals surface area contributed by atoms with Gasteiger partial charge in [-0.25, -0.2) is 0 Å². The highest BCUT2D eigenvalue weighted by Gasteiger charge is 2.44. The lowest BCUT2D eigenvalue weighted by molar-refractivity contribution is -0.137. The van der Waals surface area contributed by atoms with Crippen molar-refractivity contribution in [1.29, 1.82) is 0 Å². The number of alkyl halides is 3. The lowest BCUT2D eigenvalue weighted by Gasteiger charge is -2.45. The minimum absolute atomic E-state index is 0.00731. The summed E-state index contributed by atoms with van der Waals surface area (Å²) < 4.78 is 40.3. The van der Waals surface area contributed by atoms with Crippen LogP contribution in [0.3, 0.4) is 0 Å². The first-order valence-electron chi connectivity index (χ1n) is 8.91. The smallest absolute Gasteiger partial charge is 0.416 e. The van der Waals surface area contributed by atoms with Gasteiger partial charge in [0.05, 0.1) is 11.3 Å². The average molecular weight is 366 g/mol. The Morgan fingerprint density at radius 1 is 1.12 bits per heavy atom. The Bertz CT molecular complexity index is 844. The largest absolute Gasteiger partial charge is 0.494 e. The molecule has 3 heterocycles. The highest BCUT2D eigenvalue weighted by Crippen LogP contribution is 2.55. The van der Waals surface area contributed by atoms with Gasteiger partial charge in [0, 0.05) is 29.6 Å². The summed E-state index contributed by atoms with van der Waals surface area (Å²) in [6.07, 6.45) is -1.70. The lowest BCUT2D eigenvalue weighted by Crippen LogP contribution is -2.42. The topological polar surface area (TPSA) is 48.6 Å². The second-order valence-electron chi connectivity index (χ2n) is 7.14. The second-order valence-corrected chi connectivity index (χ2v) is 7.14. The summed E-state index contributed by atoms with van der Waals surface area (Å²) in [5, 5.41) is 21.5. The van der Waals surface area contributed by atoms with Crippen LogP contribution < -0.4 is 0 Å². The van der Waals surface area contributed by atoms with Gasteiger partial charge in [0.1, 0.15) is 0 Å². The van der Waals surface area contributed by atoms with Crippen LogP contribution in [-0.2, 0) is 6.18 Å². The van der Waals surface area contributed by atoms with Crippen LogP contribution in [0.2, 0.25) is 0 Å². The van der Waals surface area contributed by atoms with Gasteiger partial charge < -0.3 is 10.2 Å². The van der Waals surface area contributed by atoms with Gasteiger partial charge >= 0.3 is 6.18 Å². The molecule has 1 aliphatic carbocycles. The molecular formula is C19H21F3N2O2. The molecule has 2 aliphatic heterocycles. The first kappa shape index (κ1) is 17.3. The number of halogens is 3. The van der Waals surface area contributed by atoms with Crippen molar-refractivity contribution >= 4 is 0 Å². The molecule has 2 unspecified atom stereocenters. The van der Waals surface area contributed by atoms with E-state index in [4.69, 9.17) is 0 Å². The van der Waals surface area contributed by atoms with Gasteiger partial charge in [-0.15, -0.1) is 0 Å². The van der Waals surface area contributed by atoms with Crippen LogP contribution in [0.4, 0.5) is 13.2 Å². The molecule has 1 aromatic carbocycles. The molecule has 0 radical (unpaired) electrons. The van der Waals surface area contributed by atoms with E-state index in [2.05, 4.69) is 11.8 Å². The van der Waals surface area contributed by atoms with E-state index in [-0.39, 0.29) is 29.4 Å². The van der Waals surface area contributed by atoms with Gasteiger partial charge in [-0.05, 0) is 44.0 Å². The number of rotatable bonds is 3. The number of nitrogens with zero attached hydrogens (tertiary/aromatic N) is 2. The summed E-state index contributed by atoms with van der Waals surface area (Å²) in [5.41, 5.74) is 0.682. The van der Waals surface area contributed by atoms with E-state index in [1.807, 2.05) is 0 Å². The van der Waals surface area contributed by atoms with Gasteiger partial charge in [-0.3, -0.25) is 9.47 Å². The minimum atomic E-state index is -4.48. The molecule has 2 N–H and O–H groups in total. The minimum Gasteiger partial charge on any atom is -0.494 e. The van der Waals surface area contributed by atoms with Crippen LogP contribution in [-0.4, -0.2) is 32.8 Å². The molecule has 140 valence electrons. The van der Waals surface area contributed by atoms with Crippen molar-refractivity contribution in [2.24, 2.45) is 0 Å². The Kier molecular flexibility index (Phi) is 3.95. The third-order valence-electron chi connectivity index (χ3n) is 5.56. The Hall–Kier alpha value is -2.15. The predicted octanol–water partition coefficient (Wildman–Crippen LogP) is 4.55. The van der Waals surface area contributed by atoms with Crippen LogP contribution in [0.25, 0.3) is 5.69 Å². The zero-order chi connectivity index (χ0) is 18.6. The summed E-state index contributed by atoms with van der Waals surface area (Å²) in [6, 6.07) is 4.69. The Labute approximate surface area is 149 Å². The molecule has 1 fully saturated rings. The monoisotopic (exact) mass is 366 g/mol. The van der Waals surface area contributed by atoms with Gasteiger partial charge in [0.25, 0.3) is 0 Å². The molecule has 0 spiro atoms. The van der Waals surface area contributed by atoms with Crippen molar-refractivity contribution < 1.29 is 23.4 Å². The molecule has 0 saturated carbocycles. The molecule has 3 aliphatic rings. The van der Waals surface area contributed by atoms with Crippen molar-refractivity contribution in [2.45, 2.75) is 44.3 Å². The zero-order valence-electron chi connectivity index (χ0n) is 14.4. The third kappa shape index (κ3) is 2.48. The fourth-order valence-corrected chi connectivity index (χ4v) is 4.52. The molecule has 4 nitrogen and oxygen atoms in total. The fourth-order valence-electron chi connectivity index (χ4n) is 4.52. The normalized spacial score (nSPS) is 22.6. The highest BCUT2D eigenvalue weighted by molar-refractivity contribution is 5.58. The van der Waals surface area contributed by atoms with Crippen LogP contribution in [0.15, 0.2) is 24.3 Å². The van der Waals surface area contributed by atoms with Gasteiger partial charge in [0.15, 0.2) is 0 Å². The molecular weight excluding hydrogens is 345 g/mol. The Morgan fingerprint density at radius 3 is 2.54 bits per heavy atom. The van der Waals surface area contributed by atoms with E-state index in [0.29, 0.717) is 11.1 Å². The summed E-state index contributed by atoms with van der Waals surface area (Å²) in [4.78, 5) is 2.30. The standard InChI is InChI=1S/C19H21F3N2O2/c1-2-8-23-10-11-6-7-14(23)16-15(11)17(25)24(18(16)26)13-5-3-4-12(9-13)19(20,21)22/h3-5,9,11,14,25-26H,2,6-8,10H2,1H3. The molecule has 26 heavy (non-hydrogen) atoms. The molecule has 2 aromatic rings. The summed E-state index contributed by atoms with van der Waals surface area (Å²) in [6.45, 7) is 3.80. The van der Waals surface area contributed by atoms with E-state index in [0.717, 1.165) is 49.1 Å². The number of benzene rings is 1. The van der Waals surface area contributed by atoms with Crippen molar-refractivity contribution in [3.8, 4) is 17.4 Å². The molecule has 5 rings (SSSR count). The molecule has 0 amide bonds. The quantitative estimate of drug-likeness (QED) is 0.838. The van der Waals surface area contributed by atoms with Crippen LogP contribution >= 0.6 is 0 Å². The van der Waals surface area contributed by atoms with E-state index < -0.39 is 11.7 Å². The summed E-state index contributed by atoms with van der Waals surface area (Å²) in [5.74, 6) is -0.186. The number of aromatic nitrogens is 1. The average Bonchev–Trinajstić information content (AvgIpc) is 2.88. The van der Waals surface area contributed by atoms with Gasteiger partial charge in [-0.1, -0.05) is 13.0 Å². The molecule has 1 saturated heterocycles. The van der Waals surface area contributed by atoms with E-state index in [9.17, 15) is 23.4 Å². The predicted molar refractivity (Wildman–Crippen MR) is 90.7 cm³/mol. The summed E-state index contributed by atoms with van der Waals surface area (Å²) >= 11 is 0. The SMILES string of the molecule is CCCN1CC2CCC1c1c2c(O)n(-c2cccc(C(F)(F)F)c2)c1O. The molecule has 2 bridgehead atoms. The second kappa shape index (κ2) is 5.94. The first-order chi connectivity index (χ1) is 12.3. The first-order valence-corrected chi connectivity index (χ1v) is 8.91. The maximum absolute atomic E-state index is 13.0. The maximum Gasteiger partial charge on any atom is 0.416 e. The fraction of sp³-hybridized carbons (Fsp3) is 0.474. The number of hydrogen-bond acceptors (Lipinski definition) is 3. The van der Waals surface area contributed by atoms with Crippen molar-refractivity contribution in [1.82, 2.24) is 9.47 Å².